The summed E-state index contributed by atoms with van der Waals surface area (Å²) in [6, 6.07) is 7.75. The number of hydrogen-bond donors (Lipinski definition) is 2. The number of Topliss-reactive ketones (excluding diaryl/α,β-unsaturated/α-hetero) is 1. The molecule has 0 amide bonds. The van der Waals surface area contributed by atoms with Crippen molar-refractivity contribution in [2.75, 3.05) is 0 Å². The van der Waals surface area contributed by atoms with Crippen LogP contribution in [0.4, 0.5) is 0 Å². The number of carbonyl (C=O) groups excluding carboxylic acids is 2. The van der Waals surface area contributed by atoms with Gasteiger partial charge in [-0.2, -0.15) is 0 Å². The van der Waals surface area contributed by atoms with Gasteiger partial charge in [-0.3, -0.25) is 9.59 Å². The first-order valence-corrected chi connectivity index (χ1v) is 5.73. The molecular weight excluding hydrogens is 250 g/mol. The van der Waals surface area contributed by atoms with Gasteiger partial charge in [-0.15, -0.1) is 0 Å². The Balaban J connectivity index is 2.40. The molecule has 0 spiro atoms. The Morgan fingerprint density at radius 3 is 2.42 bits per heavy atom. The minimum Gasteiger partial charge on any atom is -0.481 e. The maximum Gasteiger partial charge on any atom is 0.376 e. The Morgan fingerprint density at radius 1 is 1.21 bits per heavy atom. The highest BCUT2D eigenvalue weighted by atomic mass is 16.5. The fraction of sp³-hybridized carbons (Fsp3) is 0.308. The molecule has 0 fully saturated rings. The van der Waals surface area contributed by atoms with Crippen LogP contribution in [0.3, 0.4) is 0 Å². The molecule has 19 heavy (non-hydrogen) atoms. The highest BCUT2D eigenvalue weighted by Gasteiger charge is 2.23. The van der Waals surface area contributed by atoms with Crippen LogP contribution in [0.1, 0.15) is 18.4 Å². The van der Waals surface area contributed by atoms with E-state index in [0.29, 0.717) is 0 Å². The Bertz CT molecular complexity index is 457. The molecule has 6 nitrogen and oxygen atoms in total. The number of carboxylic acids is 1. The summed E-state index contributed by atoms with van der Waals surface area (Å²) in [6.07, 6.45) is -0.354. The highest BCUT2D eigenvalue weighted by molar-refractivity contribution is 6.35. The molecule has 0 heterocycles. The summed E-state index contributed by atoms with van der Waals surface area (Å²) in [5, 5.41) is 8.45. The van der Waals surface area contributed by atoms with Crippen LogP contribution < -0.4 is 5.73 Å². The van der Waals surface area contributed by atoms with Gasteiger partial charge in [0.2, 0.25) is 0 Å². The molecule has 0 aliphatic rings. The fourth-order valence-electron chi connectivity index (χ4n) is 1.36. The standard InChI is InChI=1S/C13H15NO5/c14-10(6-7-11(15)16)12(17)13(18)19-8-9-4-2-1-3-5-9/h1-5,10H,6-8,14H2,(H,15,16)/t10-/m0/s1. The molecule has 1 rings (SSSR count). The molecule has 0 aliphatic carbocycles. The molecule has 6 heteroatoms. The number of hydrogen-bond acceptors (Lipinski definition) is 5. The van der Waals surface area contributed by atoms with Gasteiger partial charge in [0.1, 0.15) is 6.61 Å². The molecule has 102 valence electrons. The second-order valence-corrected chi connectivity index (χ2v) is 3.96. The van der Waals surface area contributed by atoms with Crippen molar-refractivity contribution >= 4 is 17.7 Å². The molecule has 0 unspecified atom stereocenters. The van der Waals surface area contributed by atoms with E-state index in [9.17, 15) is 14.4 Å². The monoisotopic (exact) mass is 265 g/mol. The van der Waals surface area contributed by atoms with Crippen molar-refractivity contribution in [1.29, 1.82) is 0 Å². The lowest BCUT2D eigenvalue weighted by Crippen LogP contribution is -2.37. The number of aliphatic carboxylic acids is 1. The fourth-order valence-corrected chi connectivity index (χ4v) is 1.36. The lowest BCUT2D eigenvalue weighted by atomic mass is 10.1. The number of benzene rings is 1. The minimum atomic E-state index is -1.14. The summed E-state index contributed by atoms with van der Waals surface area (Å²) in [5.41, 5.74) is 6.17. The van der Waals surface area contributed by atoms with E-state index in [1.54, 1.807) is 24.3 Å². The summed E-state index contributed by atoms with van der Waals surface area (Å²) in [4.78, 5) is 33.2. The number of rotatable bonds is 7. The molecule has 1 aromatic carbocycles. The normalized spacial score (nSPS) is 11.6. The average Bonchev–Trinajstić information content (AvgIpc) is 2.42. The van der Waals surface area contributed by atoms with Gasteiger partial charge < -0.3 is 15.6 Å². The van der Waals surface area contributed by atoms with Crippen molar-refractivity contribution in [3.8, 4) is 0 Å². The third kappa shape index (κ3) is 5.31. The van der Waals surface area contributed by atoms with Gasteiger partial charge in [0, 0.05) is 6.42 Å². The first-order chi connectivity index (χ1) is 9.00. The lowest BCUT2D eigenvalue weighted by Gasteiger charge is -2.09. The first kappa shape index (κ1) is 14.8. The lowest BCUT2D eigenvalue weighted by molar-refractivity contribution is -0.155. The smallest absolute Gasteiger partial charge is 0.376 e. The molecule has 0 saturated carbocycles. The van der Waals surface area contributed by atoms with Crippen LogP contribution >= 0.6 is 0 Å². The van der Waals surface area contributed by atoms with Crippen LogP contribution in [-0.4, -0.2) is 28.9 Å². The minimum absolute atomic E-state index is 0.0168. The van der Waals surface area contributed by atoms with Gasteiger partial charge in [-0.1, -0.05) is 30.3 Å². The zero-order valence-electron chi connectivity index (χ0n) is 10.2. The van der Waals surface area contributed by atoms with Crippen molar-refractivity contribution in [3.63, 3.8) is 0 Å². The van der Waals surface area contributed by atoms with Crippen molar-refractivity contribution in [2.24, 2.45) is 5.73 Å². The van der Waals surface area contributed by atoms with E-state index < -0.39 is 23.8 Å². The van der Waals surface area contributed by atoms with E-state index in [4.69, 9.17) is 15.6 Å². The SMILES string of the molecule is N[C@@H](CCC(=O)O)C(=O)C(=O)OCc1ccccc1. The number of carbonyl (C=O) groups is 3. The van der Waals surface area contributed by atoms with Gasteiger partial charge >= 0.3 is 11.9 Å². The Hall–Kier alpha value is -2.21. The quantitative estimate of drug-likeness (QED) is 0.549. The highest BCUT2D eigenvalue weighted by Crippen LogP contribution is 2.03. The molecule has 0 aromatic heterocycles. The van der Waals surface area contributed by atoms with Gasteiger partial charge in [0.05, 0.1) is 6.04 Å². The summed E-state index contributed by atoms with van der Waals surface area (Å²) < 4.78 is 4.80. The predicted octanol–water partition coefficient (Wildman–Crippen LogP) is 0.491. The number of esters is 1. The number of ether oxygens (including phenoxy) is 1. The largest absolute Gasteiger partial charge is 0.481 e. The molecule has 1 aromatic rings. The van der Waals surface area contributed by atoms with Crippen LogP contribution in [0.2, 0.25) is 0 Å². The van der Waals surface area contributed by atoms with E-state index in [1.165, 1.54) is 0 Å². The molecule has 3 N–H and O–H groups in total. The van der Waals surface area contributed by atoms with Gasteiger partial charge in [0.15, 0.2) is 0 Å². The molecule has 0 bridgehead atoms. The Morgan fingerprint density at radius 2 is 1.84 bits per heavy atom. The molecular formula is C13H15NO5. The third-order valence-electron chi connectivity index (χ3n) is 2.42. The number of ketones is 1. The van der Waals surface area contributed by atoms with Crippen molar-refractivity contribution < 1.29 is 24.2 Å². The number of nitrogens with two attached hydrogens (primary N) is 1. The Kier molecular flexibility index (Phi) is 5.69. The zero-order chi connectivity index (χ0) is 14.3. The van der Waals surface area contributed by atoms with Crippen molar-refractivity contribution in [2.45, 2.75) is 25.5 Å². The summed E-state index contributed by atoms with van der Waals surface area (Å²) >= 11 is 0. The summed E-state index contributed by atoms with van der Waals surface area (Å²) in [5.74, 6) is -3.01. The van der Waals surface area contributed by atoms with E-state index in [-0.39, 0.29) is 19.4 Å². The van der Waals surface area contributed by atoms with Gasteiger partial charge in [0.25, 0.3) is 5.78 Å². The second kappa shape index (κ2) is 7.27. The van der Waals surface area contributed by atoms with E-state index in [1.807, 2.05) is 6.07 Å². The van der Waals surface area contributed by atoms with E-state index in [0.717, 1.165) is 5.56 Å². The molecule has 0 aliphatic heterocycles. The molecule has 0 radical (unpaired) electrons. The summed E-state index contributed by atoms with van der Waals surface area (Å²) in [7, 11) is 0. The van der Waals surface area contributed by atoms with Gasteiger partial charge in [-0.05, 0) is 12.0 Å². The maximum atomic E-state index is 11.5. The van der Waals surface area contributed by atoms with Crippen molar-refractivity contribution in [1.82, 2.24) is 0 Å². The van der Waals surface area contributed by atoms with Crippen LogP contribution in [0.15, 0.2) is 30.3 Å². The first-order valence-electron chi connectivity index (χ1n) is 5.73. The molecule has 1 atom stereocenters. The maximum absolute atomic E-state index is 11.5. The van der Waals surface area contributed by atoms with E-state index in [2.05, 4.69) is 0 Å². The van der Waals surface area contributed by atoms with E-state index >= 15 is 0 Å². The predicted molar refractivity (Wildman–Crippen MR) is 66.1 cm³/mol. The van der Waals surface area contributed by atoms with Crippen molar-refractivity contribution in [3.05, 3.63) is 35.9 Å². The van der Waals surface area contributed by atoms with Crippen LogP contribution in [-0.2, 0) is 25.7 Å². The summed E-state index contributed by atoms with van der Waals surface area (Å²) in [6.45, 7) is -0.0168. The average molecular weight is 265 g/mol. The van der Waals surface area contributed by atoms with Crippen LogP contribution in [0.5, 0.6) is 0 Å². The topological polar surface area (TPSA) is 107 Å². The Labute approximate surface area is 110 Å². The number of carboxylic acid groups (broad SMARTS) is 1. The van der Waals surface area contributed by atoms with Crippen LogP contribution in [0.25, 0.3) is 0 Å². The van der Waals surface area contributed by atoms with Gasteiger partial charge in [-0.25, -0.2) is 4.79 Å². The second-order valence-electron chi connectivity index (χ2n) is 3.96. The molecule has 0 saturated heterocycles. The van der Waals surface area contributed by atoms with Crippen LogP contribution in [0, 0.1) is 0 Å². The zero-order valence-corrected chi connectivity index (χ0v) is 10.2. The third-order valence-corrected chi connectivity index (χ3v) is 2.42.